The molecular formula is C11H20O. The van der Waals surface area contributed by atoms with Crippen LogP contribution in [-0.4, -0.2) is 11.2 Å². The minimum atomic E-state index is -0.0417. The Bertz CT molecular complexity index is 185. The zero-order valence-electron chi connectivity index (χ0n) is 8.38. The van der Waals surface area contributed by atoms with Crippen LogP contribution in [0.1, 0.15) is 40.0 Å². The third-order valence-electron chi connectivity index (χ3n) is 4.15. The first kappa shape index (κ1) is 8.55. The van der Waals surface area contributed by atoms with Gasteiger partial charge in [0.1, 0.15) is 0 Å². The van der Waals surface area contributed by atoms with Gasteiger partial charge in [0.2, 0.25) is 0 Å². The van der Waals surface area contributed by atoms with Crippen molar-refractivity contribution in [3.05, 3.63) is 0 Å². The molecule has 4 atom stereocenters. The van der Waals surface area contributed by atoms with Crippen LogP contribution in [0.15, 0.2) is 0 Å². The van der Waals surface area contributed by atoms with Crippen molar-refractivity contribution in [1.82, 2.24) is 0 Å². The van der Waals surface area contributed by atoms with Gasteiger partial charge in [-0.05, 0) is 36.0 Å². The third-order valence-corrected chi connectivity index (χ3v) is 4.15. The second-order valence-electron chi connectivity index (χ2n) is 5.53. The van der Waals surface area contributed by atoms with Crippen molar-refractivity contribution >= 4 is 0 Å². The largest absolute Gasteiger partial charge is 0.392 e. The van der Waals surface area contributed by atoms with Crippen LogP contribution in [0, 0.1) is 23.2 Å². The smallest absolute Gasteiger partial charge is 0.0624 e. The van der Waals surface area contributed by atoms with Gasteiger partial charge in [0.15, 0.2) is 0 Å². The zero-order chi connectivity index (χ0) is 8.93. The van der Waals surface area contributed by atoms with E-state index in [-0.39, 0.29) is 11.5 Å². The maximum Gasteiger partial charge on any atom is 0.0624 e. The van der Waals surface area contributed by atoms with Gasteiger partial charge in [-0.1, -0.05) is 27.2 Å². The van der Waals surface area contributed by atoms with Gasteiger partial charge in [0.05, 0.1) is 6.10 Å². The van der Waals surface area contributed by atoms with Crippen LogP contribution in [0.4, 0.5) is 0 Å². The van der Waals surface area contributed by atoms with Gasteiger partial charge in [-0.2, -0.15) is 0 Å². The Hall–Kier alpha value is -0.0400. The lowest BCUT2D eigenvalue weighted by molar-refractivity contribution is 0.0308. The number of aliphatic hydroxyl groups is 1. The van der Waals surface area contributed by atoms with Gasteiger partial charge < -0.3 is 5.11 Å². The van der Waals surface area contributed by atoms with E-state index in [1.807, 2.05) is 0 Å². The zero-order valence-corrected chi connectivity index (χ0v) is 8.38. The Labute approximate surface area is 75.2 Å². The SMILES string of the molecule is C[C@@H]1CC[C@H]2CC(C)(C)[C@H](O)[C@H]21. The highest BCUT2D eigenvalue weighted by Crippen LogP contribution is 2.54. The van der Waals surface area contributed by atoms with Gasteiger partial charge in [0, 0.05) is 0 Å². The lowest BCUT2D eigenvalue weighted by Crippen LogP contribution is -2.30. The fourth-order valence-electron chi connectivity index (χ4n) is 3.45. The van der Waals surface area contributed by atoms with Crippen LogP contribution < -0.4 is 0 Å². The first-order valence-electron chi connectivity index (χ1n) is 5.20. The monoisotopic (exact) mass is 168 g/mol. The molecule has 2 fully saturated rings. The molecule has 0 spiro atoms. The second-order valence-corrected chi connectivity index (χ2v) is 5.53. The van der Waals surface area contributed by atoms with E-state index in [9.17, 15) is 5.11 Å². The van der Waals surface area contributed by atoms with E-state index in [2.05, 4.69) is 20.8 Å². The van der Waals surface area contributed by atoms with E-state index in [0.29, 0.717) is 5.92 Å². The molecule has 0 radical (unpaired) electrons. The van der Waals surface area contributed by atoms with E-state index < -0.39 is 0 Å². The van der Waals surface area contributed by atoms with E-state index in [4.69, 9.17) is 0 Å². The molecule has 1 heteroatoms. The predicted molar refractivity (Wildman–Crippen MR) is 49.8 cm³/mol. The second kappa shape index (κ2) is 2.47. The Balaban J connectivity index is 2.20. The Morgan fingerprint density at radius 2 is 1.92 bits per heavy atom. The van der Waals surface area contributed by atoms with Gasteiger partial charge in [-0.15, -0.1) is 0 Å². The van der Waals surface area contributed by atoms with E-state index in [1.54, 1.807) is 0 Å². The number of hydrogen-bond donors (Lipinski definition) is 1. The molecule has 0 amide bonds. The third kappa shape index (κ3) is 1.02. The molecule has 2 saturated carbocycles. The molecule has 0 aromatic rings. The van der Waals surface area contributed by atoms with Crippen molar-refractivity contribution in [3.63, 3.8) is 0 Å². The van der Waals surface area contributed by atoms with E-state index >= 15 is 0 Å². The van der Waals surface area contributed by atoms with Gasteiger partial charge in [-0.3, -0.25) is 0 Å². The van der Waals surface area contributed by atoms with Crippen LogP contribution in [0.5, 0.6) is 0 Å². The Morgan fingerprint density at radius 1 is 1.25 bits per heavy atom. The van der Waals surface area contributed by atoms with Gasteiger partial charge in [0.25, 0.3) is 0 Å². The van der Waals surface area contributed by atoms with Crippen LogP contribution in [0.25, 0.3) is 0 Å². The molecule has 1 N–H and O–H groups in total. The topological polar surface area (TPSA) is 20.2 Å². The van der Waals surface area contributed by atoms with Crippen LogP contribution in [-0.2, 0) is 0 Å². The fraction of sp³-hybridized carbons (Fsp3) is 1.00. The number of rotatable bonds is 0. The number of fused-ring (bicyclic) bond motifs is 1. The van der Waals surface area contributed by atoms with Crippen LogP contribution >= 0.6 is 0 Å². The molecule has 0 aromatic heterocycles. The minimum absolute atomic E-state index is 0.0417. The van der Waals surface area contributed by atoms with Crippen LogP contribution in [0.3, 0.4) is 0 Å². The maximum atomic E-state index is 10.1. The predicted octanol–water partition coefficient (Wildman–Crippen LogP) is 2.44. The van der Waals surface area contributed by atoms with Gasteiger partial charge in [-0.25, -0.2) is 0 Å². The normalized spacial score (nSPS) is 51.0. The molecule has 2 rings (SSSR count). The summed E-state index contributed by atoms with van der Waals surface area (Å²) in [4.78, 5) is 0. The molecule has 2 aliphatic carbocycles. The average molecular weight is 168 g/mol. The molecule has 1 nitrogen and oxygen atoms in total. The molecule has 0 saturated heterocycles. The first-order valence-corrected chi connectivity index (χ1v) is 5.20. The summed E-state index contributed by atoms with van der Waals surface area (Å²) >= 11 is 0. The quantitative estimate of drug-likeness (QED) is 0.589. The van der Waals surface area contributed by atoms with Crippen molar-refractivity contribution in [2.75, 3.05) is 0 Å². The average Bonchev–Trinajstić information content (AvgIpc) is 2.38. The van der Waals surface area contributed by atoms with Gasteiger partial charge >= 0.3 is 0 Å². The summed E-state index contributed by atoms with van der Waals surface area (Å²) in [5, 5.41) is 10.1. The standard InChI is InChI=1S/C11H20O/c1-7-4-5-8-6-11(2,3)10(12)9(7)8/h7-10,12H,4-6H2,1-3H3/t7-,8+,9+,10-/m1/s1. The van der Waals surface area contributed by atoms with Crippen molar-refractivity contribution in [2.45, 2.75) is 46.1 Å². The minimum Gasteiger partial charge on any atom is -0.392 e. The lowest BCUT2D eigenvalue weighted by atomic mass is 9.83. The lowest BCUT2D eigenvalue weighted by Gasteiger charge is -2.27. The molecule has 0 unspecified atom stereocenters. The Kier molecular flexibility index (Phi) is 1.76. The highest BCUT2D eigenvalue weighted by molar-refractivity contribution is 5.01. The molecule has 0 aromatic carbocycles. The summed E-state index contributed by atoms with van der Waals surface area (Å²) in [6.45, 7) is 6.72. The fourth-order valence-corrected chi connectivity index (χ4v) is 3.45. The molecule has 0 bridgehead atoms. The summed E-state index contributed by atoms with van der Waals surface area (Å²) in [5.74, 6) is 2.19. The molecule has 70 valence electrons. The summed E-state index contributed by atoms with van der Waals surface area (Å²) in [7, 11) is 0. The highest BCUT2D eigenvalue weighted by Gasteiger charge is 2.51. The molecule has 0 aliphatic heterocycles. The molecular weight excluding hydrogens is 148 g/mol. The number of hydrogen-bond acceptors (Lipinski definition) is 1. The molecule has 12 heavy (non-hydrogen) atoms. The van der Waals surface area contributed by atoms with Crippen molar-refractivity contribution < 1.29 is 5.11 Å². The van der Waals surface area contributed by atoms with Crippen LogP contribution in [0.2, 0.25) is 0 Å². The number of aliphatic hydroxyl groups excluding tert-OH is 1. The highest BCUT2D eigenvalue weighted by atomic mass is 16.3. The molecule has 0 heterocycles. The van der Waals surface area contributed by atoms with Crippen molar-refractivity contribution in [2.24, 2.45) is 23.2 Å². The van der Waals surface area contributed by atoms with Crippen molar-refractivity contribution in [1.29, 1.82) is 0 Å². The van der Waals surface area contributed by atoms with E-state index in [1.165, 1.54) is 19.3 Å². The summed E-state index contributed by atoms with van der Waals surface area (Å²) in [6.07, 6.45) is 3.89. The summed E-state index contributed by atoms with van der Waals surface area (Å²) in [5.41, 5.74) is 0.185. The molecule has 2 aliphatic rings. The Morgan fingerprint density at radius 3 is 2.50 bits per heavy atom. The first-order chi connectivity index (χ1) is 5.52. The van der Waals surface area contributed by atoms with E-state index in [0.717, 1.165) is 11.8 Å². The maximum absolute atomic E-state index is 10.1. The van der Waals surface area contributed by atoms with Crippen molar-refractivity contribution in [3.8, 4) is 0 Å². The summed E-state index contributed by atoms with van der Waals surface area (Å²) < 4.78 is 0. The summed E-state index contributed by atoms with van der Waals surface area (Å²) in [6, 6.07) is 0.